The van der Waals surface area contributed by atoms with Crippen molar-refractivity contribution < 1.29 is 22.6 Å². The molecule has 2 heterocycles. The summed E-state index contributed by atoms with van der Waals surface area (Å²) < 4.78 is 38.8. The first-order valence-corrected chi connectivity index (χ1v) is 11.8. The molecule has 0 unspecified atom stereocenters. The van der Waals surface area contributed by atoms with Gasteiger partial charge in [0.15, 0.2) is 0 Å². The Morgan fingerprint density at radius 2 is 1.72 bits per heavy atom. The fraction of sp³-hybridized carbons (Fsp3) is 0.231. The molecule has 36 heavy (non-hydrogen) atoms. The topological polar surface area (TPSA) is 56.7 Å². The highest BCUT2D eigenvalue weighted by Crippen LogP contribution is 2.36. The highest BCUT2D eigenvalue weighted by Gasteiger charge is 2.35. The van der Waals surface area contributed by atoms with Crippen LogP contribution in [-0.2, 0) is 6.18 Å². The molecule has 0 aliphatic carbocycles. The first kappa shape index (κ1) is 24.1. The molecule has 0 aromatic heterocycles. The van der Waals surface area contributed by atoms with E-state index in [9.17, 15) is 18.0 Å². The summed E-state index contributed by atoms with van der Waals surface area (Å²) in [6.07, 6.45) is -4.44. The lowest BCUT2D eigenvalue weighted by Crippen LogP contribution is -2.65. The number of carbonyl (C=O) groups is 1. The van der Waals surface area contributed by atoms with Crippen molar-refractivity contribution in [1.82, 2.24) is 10.3 Å². The number of benzene rings is 3. The van der Waals surface area contributed by atoms with Crippen molar-refractivity contribution in [3.63, 3.8) is 0 Å². The summed E-state index contributed by atoms with van der Waals surface area (Å²) in [6, 6.07) is 17.7. The van der Waals surface area contributed by atoms with Crippen molar-refractivity contribution in [2.45, 2.75) is 6.18 Å². The third kappa shape index (κ3) is 4.89. The molecule has 3 aromatic carbocycles. The molecule has 0 radical (unpaired) electrons. The molecular weight excluding hydrogens is 491 g/mol. The minimum atomic E-state index is -4.44. The minimum absolute atomic E-state index is 0.186. The van der Waals surface area contributed by atoms with E-state index < -0.39 is 17.6 Å². The number of hydrogen-bond donors (Lipinski definition) is 2. The van der Waals surface area contributed by atoms with E-state index in [0.29, 0.717) is 31.2 Å². The second kappa shape index (κ2) is 9.15. The zero-order valence-corrected chi connectivity index (χ0v) is 20.2. The minimum Gasteiger partial charge on any atom is -0.353 e. The third-order valence-corrected chi connectivity index (χ3v) is 6.73. The highest BCUT2D eigenvalue weighted by molar-refractivity contribution is 6.31. The van der Waals surface area contributed by atoms with Crippen LogP contribution >= 0.6 is 11.6 Å². The Morgan fingerprint density at radius 3 is 2.42 bits per heavy atom. The summed E-state index contributed by atoms with van der Waals surface area (Å²) in [4.78, 5) is 19.9. The SMILES string of the molecule is C[N+]1(NC(=O)c2ccc(C(F)(F)F)cc2)CCN(C2=Nc3cc(Cl)ccc3Nc3ccccc32)CC1. The maximum Gasteiger partial charge on any atom is 0.416 e. The van der Waals surface area contributed by atoms with Gasteiger partial charge in [-0.25, -0.2) is 9.58 Å². The number of aliphatic imine (C=N–C) groups is 1. The number of amidine groups is 1. The maximum absolute atomic E-state index is 12.8. The van der Waals surface area contributed by atoms with Gasteiger partial charge in [-0.1, -0.05) is 23.7 Å². The second-order valence-corrected chi connectivity index (χ2v) is 9.55. The molecular formula is C26H24ClF3N5O+. The largest absolute Gasteiger partial charge is 0.416 e. The van der Waals surface area contributed by atoms with E-state index in [-0.39, 0.29) is 10.2 Å². The molecule has 1 saturated heterocycles. The Hall–Kier alpha value is -3.56. The number of likely N-dealkylation sites (N-methyl/N-ethyl adjacent to an activating group) is 1. The van der Waals surface area contributed by atoms with E-state index in [1.165, 1.54) is 12.1 Å². The van der Waals surface area contributed by atoms with E-state index in [0.717, 1.165) is 40.6 Å². The molecule has 10 heteroatoms. The van der Waals surface area contributed by atoms with Gasteiger partial charge in [-0.15, -0.1) is 0 Å². The smallest absolute Gasteiger partial charge is 0.353 e. The van der Waals surface area contributed by atoms with Crippen LogP contribution in [0.1, 0.15) is 21.5 Å². The third-order valence-electron chi connectivity index (χ3n) is 6.50. The van der Waals surface area contributed by atoms with E-state index in [1.54, 1.807) is 0 Å². The van der Waals surface area contributed by atoms with Crippen LogP contribution in [0.25, 0.3) is 0 Å². The molecule has 186 valence electrons. The lowest BCUT2D eigenvalue weighted by Gasteiger charge is -2.42. The van der Waals surface area contributed by atoms with Crippen LogP contribution in [0.3, 0.4) is 0 Å². The lowest BCUT2D eigenvalue weighted by molar-refractivity contribution is -0.946. The van der Waals surface area contributed by atoms with Crippen molar-refractivity contribution in [2.75, 3.05) is 38.5 Å². The monoisotopic (exact) mass is 514 g/mol. The van der Waals surface area contributed by atoms with Gasteiger partial charge in [0.2, 0.25) is 0 Å². The number of rotatable bonds is 2. The summed E-state index contributed by atoms with van der Waals surface area (Å²) >= 11 is 6.23. The van der Waals surface area contributed by atoms with Gasteiger partial charge in [0, 0.05) is 21.8 Å². The number of carbonyl (C=O) groups excluding carboxylic acids is 1. The quantitative estimate of drug-likeness (QED) is 0.438. The molecule has 1 amide bonds. The molecule has 2 N–H and O–H groups in total. The number of quaternary nitrogens is 1. The van der Waals surface area contributed by atoms with Crippen molar-refractivity contribution in [3.8, 4) is 0 Å². The normalized spacial score (nSPS) is 16.7. The van der Waals surface area contributed by atoms with Crippen LogP contribution in [0.4, 0.5) is 30.2 Å². The van der Waals surface area contributed by atoms with Crippen LogP contribution < -0.4 is 10.7 Å². The maximum atomic E-state index is 12.8. The molecule has 5 rings (SSSR count). The summed E-state index contributed by atoms with van der Waals surface area (Å²) in [7, 11) is 1.90. The van der Waals surface area contributed by atoms with Crippen molar-refractivity contribution in [1.29, 1.82) is 0 Å². The van der Waals surface area contributed by atoms with Gasteiger partial charge in [-0.05, 0) is 54.6 Å². The van der Waals surface area contributed by atoms with Gasteiger partial charge >= 0.3 is 6.18 Å². The molecule has 6 nitrogen and oxygen atoms in total. The standard InChI is InChI=1S/C26H23ClF3N5O/c1-35(33-25(36)17-6-8-18(9-7-17)26(28,29)30)14-12-34(13-15-35)24-20-4-2-3-5-21(20)31-22-11-10-19(27)16-23(22)32-24/h2-11,16H,12-15H2,1H3,(H-,31,32,33,36)/p+1. The number of halogens is 4. The number of alkyl halides is 3. The lowest BCUT2D eigenvalue weighted by atomic mass is 10.1. The fourth-order valence-corrected chi connectivity index (χ4v) is 4.57. The van der Waals surface area contributed by atoms with Crippen LogP contribution in [0, 0.1) is 0 Å². The molecule has 0 bridgehead atoms. The zero-order chi connectivity index (χ0) is 25.5. The molecule has 3 aromatic rings. The number of para-hydroxylation sites is 1. The van der Waals surface area contributed by atoms with E-state index in [2.05, 4.69) is 15.6 Å². The van der Waals surface area contributed by atoms with Crippen LogP contribution in [0.2, 0.25) is 5.02 Å². The number of nitrogens with one attached hydrogen (secondary N) is 2. The Morgan fingerprint density at radius 1 is 1.03 bits per heavy atom. The average molecular weight is 515 g/mol. The van der Waals surface area contributed by atoms with Crippen molar-refractivity contribution in [3.05, 3.63) is 88.4 Å². The van der Waals surface area contributed by atoms with E-state index in [4.69, 9.17) is 16.6 Å². The van der Waals surface area contributed by atoms with Gasteiger partial charge < -0.3 is 10.2 Å². The number of hydrogen-bond acceptors (Lipinski definition) is 4. The number of nitrogens with zero attached hydrogens (tertiary/aromatic N) is 3. The van der Waals surface area contributed by atoms with Crippen LogP contribution in [0.5, 0.6) is 0 Å². The Labute approximate surface area is 211 Å². The zero-order valence-electron chi connectivity index (χ0n) is 19.4. The van der Waals surface area contributed by atoms with Crippen LogP contribution in [0.15, 0.2) is 71.7 Å². The molecule has 2 aliphatic heterocycles. The molecule has 2 aliphatic rings. The van der Waals surface area contributed by atoms with Crippen LogP contribution in [-0.4, -0.2) is 54.5 Å². The van der Waals surface area contributed by atoms with Gasteiger partial charge in [-0.2, -0.15) is 18.6 Å². The number of anilines is 2. The fourth-order valence-electron chi connectivity index (χ4n) is 4.40. The number of amides is 1. The number of piperazine rings is 1. The van der Waals surface area contributed by atoms with Gasteiger partial charge in [0.1, 0.15) is 18.9 Å². The summed E-state index contributed by atoms with van der Waals surface area (Å²) in [5, 5.41) is 4.04. The van der Waals surface area contributed by atoms with Crippen molar-refractivity contribution >= 4 is 40.4 Å². The van der Waals surface area contributed by atoms with E-state index >= 15 is 0 Å². The van der Waals surface area contributed by atoms with Gasteiger partial charge in [0.05, 0.1) is 37.1 Å². The highest BCUT2D eigenvalue weighted by atomic mass is 35.5. The Balaban J connectivity index is 1.33. The first-order valence-electron chi connectivity index (χ1n) is 11.5. The summed E-state index contributed by atoms with van der Waals surface area (Å²) in [6.45, 7) is 2.41. The predicted molar refractivity (Wildman–Crippen MR) is 134 cm³/mol. The molecule has 0 atom stereocenters. The first-order chi connectivity index (χ1) is 17.1. The van der Waals surface area contributed by atoms with Gasteiger partial charge in [0.25, 0.3) is 5.91 Å². The van der Waals surface area contributed by atoms with E-state index in [1.807, 2.05) is 49.5 Å². The Kier molecular flexibility index (Phi) is 6.13. The van der Waals surface area contributed by atoms with Gasteiger partial charge in [-0.3, -0.25) is 4.79 Å². The second-order valence-electron chi connectivity index (χ2n) is 9.11. The summed E-state index contributed by atoms with van der Waals surface area (Å²) in [5.74, 6) is 0.407. The Bertz CT molecular complexity index is 1330. The molecule has 0 saturated carbocycles. The average Bonchev–Trinajstić information content (AvgIpc) is 3.00. The molecule has 1 fully saturated rings. The summed E-state index contributed by atoms with van der Waals surface area (Å²) in [5.41, 5.74) is 5.89. The number of fused-ring (bicyclic) bond motifs is 2. The molecule has 0 spiro atoms. The van der Waals surface area contributed by atoms with Crippen molar-refractivity contribution in [2.24, 2.45) is 4.99 Å². The predicted octanol–water partition coefficient (Wildman–Crippen LogP) is 5.60.